The summed E-state index contributed by atoms with van der Waals surface area (Å²) in [6.07, 6.45) is 4.13. The first-order valence-electron chi connectivity index (χ1n) is 9.76. The number of anilines is 1. The number of amides is 1. The molecule has 1 aromatic carbocycles. The molecule has 2 aromatic rings. The Labute approximate surface area is 170 Å². The van der Waals surface area contributed by atoms with E-state index < -0.39 is 9.84 Å². The number of ether oxygens (including phenoxy) is 2. The molecule has 1 aromatic heterocycles. The molecule has 1 N–H and O–H groups in total. The van der Waals surface area contributed by atoms with Crippen molar-refractivity contribution < 1.29 is 22.7 Å². The zero-order valence-electron chi connectivity index (χ0n) is 16.6. The molecular weight excluding hydrogens is 394 g/mol. The van der Waals surface area contributed by atoms with E-state index in [-0.39, 0.29) is 23.5 Å². The number of nitrogens with one attached hydrogen (secondary N) is 1. The van der Waals surface area contributed by atoms with Gasteiger partial charge >= 0.3 is 0 Å². The molecule has 9 heteroatoms. The number of hydrogen-bond acceptors (Lipinski definition) is 6. The van der Waals surface area contributed by atoms with Gasteiger partial charge in [-0.2, -0.15) is 5.10 Å². The molecule has 156 valence electrons. The Hall–Kier alpha value is -2.55. The van der Waals surface area contributed by atoms with Gasteiger partial charge in [-0.05, 0) is 44.2 Å². The van der Waals surface area contributed by atoms with Gasteiger partial charge in [0, 0.05) is 17.3 Å². The van der Waals surface area contributed by atoms with Crippen molar-refractivity contribution in [1.82, 2.24) is 9.78 Å². The topological polar surface area (TPSA) is 99.5 Å². The second-order valence-electron chi connectivity index (χ2n) is 7.50. The van der Waals surface area contributed by atoms with Gasteiger partial charge in [0.15, 0.2) is 15.5 Å². The molecule has 1 fully saturated rings. The number of carbonyl (C=O) groups excluding carboxylic acids is 1. The van der Waals surface area contributed by atoms with Crippen LogP contribution in [0.15, 0.2) is 18.2 Å². The van der Waals surface area contributed by atoms with Gasteiger partial charge in [0.05, 0.1) is 37.5 Å². The normalized spacial score (nSPS) is 20.1. The van der Waals surface area contributed by atoms with E-state index in [0.29, 0.717) is 29.3 Å². The molecule has 2 aliphatic rings. The summed E-state index contributed by atoms with van der Waals surface area (Å²) >= 11 is 0. The first-order chi connectivity index (χ1) is 13.9. The minimum absolute atomic E-state index is 0.0892. The van der Waals surface area contributed by atoms with Crippen LogP contribution in [-0.2, 0) is 22.7 Å². The average molecular weight is 420 g/mol. The van der Waals surface area contributed by atoms with Crippen molar-refractivity contribution >= 4 is 21.4 Å². The number of methoxy groups -OCH3 is 2. The summed E-state index contributed by atoms with van der Waals surface area (Å²) < 4.78 is 36.3. The van der Waals surface area contributed by atoms with Crippen LogP contribution in [0.5, 0.6) is 11.5 Å². The van der Waals surface area contributed by atoms with Crippen LogP contribution in [0.4, 0.5) is 5.69 Å². The smallest absolute Gasteiger partial charge is 0.276 e. The number of fused-ring (bicyclic) bond motifs is 1. The lowest BCUT2D eigenvalue weighted by Gasteiger charge is -2.17. The van der Waals surface area contributed by atoms with Crippen molar-refractivity contribution in [1.29, 1.82) is 0 Å². The number of carbonyl (C=O) groups is 1. The van der Waals surface area contributed by atoms with Gasteiger partial charge in [-0.3, -0.25) is 9.48 Å². The van der Waals surface area contributed by atoms with Crippen LogP contribution in [-0.4, -0.2) is 49.8 Å². The third kappa shape index (κ3) is 3.83. The van der Waals surface area contributed by atoms with Gasteiger partial charge in [0.25, 0.3) is 5.91 Å². The number of benzene rings is 1. The van der Waals surface area contributed by atoms with E-state index in [1.165, 1.54) is 7.11 Å². The lowest BCUT2D eigenvalue weighted by molar-refractivity contribution is 0.102. The van der Waals surface area contributed by atoms with E-state index in [1.807, 2.05) is 0 Å². The highest BCUT2D eigenvalue weighted by Crippen LogP contribution is 2.33. The quantitative estimate of drug-likeness (QED) is 0.799. The zero-order valence-corrected chi connectivity index (χ0v) is 17.4. The molecule has 4 rings (SSSR count). The largest absolute Gasteiger partial charge is 0.497 e. The van der Waals surface area contributed by atoms with Gasteiger partial charge in [-0.1, -0.05) is 0 Å². The highest BCUT2D eigenvalue weighted by molar-refractivity contribution is 7.91. The lowest BCUT2D eigenvalue weighted by atomic mass is 9.95. The van der Waals surface area contributed by atoms with Gasteiger partial charge in [-0.15, -0.1) is 0 Å². The van der Waals surface area contributed by atoms with E-state index in [9.17, 15) is 13.2 Å². The minimum atomic E-state index is -3.04. The Morgan fingerprint density at radius 2 is 2.00 bits per heavy atom. The fourth-order valence-electron chi connectivity index (χ4n) is 4.17. The molecule has 0 saturated carbocycles. The van der Waals surface area contributed by atoms with Crippen molar-refractivity contribution in [3.63, 3.8) is 0 Å². The summed E-state index contributed by atoms with van der Waals surface area (Å²) in [6, 6.07) is 4.99. The van der Waals surface area contributed by atoms with Crippen LogP contribution in [0.25, 0.3) is 0 Å². The van der Waals surface area contributed by atoms with Crippen molar-refractivity contribution in [2.24, 2.45) is 0 Å². The average Bonchev–Trinajstić information content (AvgIpc) is 3.28. The standard InChI is InChI=1S/C20H25N3O5S/c1-27-14-7-8-18(28-2)16(11-14)21-20(24)19-15-5-3-4-6-17(15)23(22-19)13-9-10-29(25,26)12-13/h7-8,11,13H,3-6,9-10,12H2,1-2H3,(H,21,24)/t13-/m1/s1. The molecule has 0 bridgehead atoms. The van der Waals surface area contributed by atoms with E-state index in [2.05, 4.69) is 10.4 Å². The van der Waals surface area contributed by atoms with Crippen molar-refractivity contribution in [3.05, 3.63) is 35.2 Å². The number of nitrogens with zero attached hydrogens (tertiary/aromatic N) is 2. The van der Waals surface area contributed by atoms with Crippen molar-refractivity contribution in [3.8, 4) is 11.5 Å². The SMILES string of the molecule is COc1ccc(OC)c(NC(=O)c2nn([C@@H]3CCS(=O)(=O)C3)c3c2CCCC3)c1. The highest BCUT2D eigenvalue weighted by atomic mass is 32.2. The van der Waals surface area contributed by atoms with Crippen molar-refractivity contribution in [2.45, 2.75) is 38.1 Å². The predicted molar refractivity (Wildman–Crippen MR) is 109 cm³/mol. The molecule has 0 unspecified atom stereocenters. The Morgan fingerprint density at radius 3 is 2.69 bits per heavy atom. The Morgan fingerprint density at radius 1 is 1.21 bits per heavy atom. The third-order valence-corrected chi connectivity index (χ3v) is 7.38. The summed E-state index contributed by atoms with van der Waals surface area (Å²) in [6.45, 7) is 0. The Balaban J connectivity index is 1.67. The van der Waals surface area contributed by atoms with Gasteiger partial charge in [0.1, 0.15) is 11.5 Å². The fourth-order valence-corrected chi connectivity index (χ4v) is 5.86. The van der Waals surface area contributed by atoms with E-state index in [4.69, 9.17) is 9.47 Å². The lowest BCUT2D eigenvalue weighted by Crippen LogP contribution is -2.17. The summed E-state index contributed by atoms with van der Waals surface area (Å²) in [5, 5.41) is 7.49. The first kappa shape index (κ1) is 19.8. The third-order valence-electron chi connectivity index (χ3n) is 5.63. The highest BCUT2D eigenvalue weighted by Gasteiger charge is 2.34. The number of sulfone groups is 1. The Kier molecular flexibility index (Phi) is 5.24. The molecule has 1 amide bonds. The monoisotopic (exact) mass is 419 g/mol. The second-order valence-corrected chi connectivity index (χ2v) is 9.73. The van der Waals surface area contributed by atoms with Crippen LogP contribution in [0.3, 0.4) is 0 Å². The molecule has 1 saturated heterocycles. The fraction of sp³-hybridized carbons (Fsp3) is 0.500. The second kappa shape index (κ2) is 7.70. The summed E-state index contributed by atoms with van der Waals surface area (Å²) in [5.74, 6) is 1.06. The van der Waals surface area contributed by atoms with Crippen LogP contribution in [0.1, 0.15) is 47.1 Å². The Bertz CT molecular complexity index is 1040. The molecule has 8 nitrogen and oxygen atoms in total. The molecule has 0 spiro atoms. The first-order valence-corrected chi connectivity index (χ1v) is 11.6. The predicted octanol–water partition coefficient (Wildman–Crippen LogP) is 2.39. The van der Waals surface area contributed by atoms with E-state index >= 15 is 0 Å². The van der Waals surface area contributed by atoms with Crippen LogP contribution < -0.4 is 14.8 Å². The molecule has 0 radical (unpaired) electrons. The van der Waals surface area contributed by atoms with Crippen LogP contribution in [0, 0.1) is 0 Å². The molecule has 1 atom stereocenters. The van der Waals surface area contributed by atoms with Crippen LogP contribution in [0.2, 0.25) is 0 Å². The number of aromatic nitrogens is 2. The van der Waals surface area contributed by atoms with Gasteiger partial charge in [-0.25, -0.2) is 8.42 Å². The summed E-state index contributed by atoms with van der Waals surface area (Å²) in [4.78, 5) is 13.1. The maximum atomic E-state index is 13.1. The van der Waals surface area contributed by atoms with Crippen molar-refractivity contribution in [2.75, 3.05) is 31.0 Å². The van der Waals surface area contributed by atoms with E-state index in [0.717, 1.165) is 36.9 Å². The molecule has 29 heavy (non-hydrogen) atoms. The van der Waals surface area contributed by atoms with Gasteiger partial charge < -0.3 is 14.8 Å². The molecule has 2 heterocycles. The molecular formula is C20H25N3O5S. The summed E-state index contributed by atoms with van der Waals surface area (Å²) in [7, 11) is 0.0548. The zero-order chi connectivity index (χ0) is 20.6. The number of rotatable bonds is 5. The summed E-state index contributed by atoms with van der Waals surface area (Å²) in [5.41, 5.74) is 2.80. The maximum absolute atomic E-state index is 13.1. The van der Waals surface area contributed by atoms with E-state index in [1.54, 1.807) is 30.0 Å². The number of hydrogen-bond donors (Lipinski definition) is 1. The molecule has 1 aliphatic carbocycles. The van der Waals surface area contributed by atoms with Gasteiger partial charge in [0.2, 0.25) is 0 Å². The van der Waals surface area contributed by atoms with Crippen LogP contribution >= 0.6 is 0 Å². The minimum Gasteiger partial charge on any atom is -0.497 e. The maximum Gasteiger partial charge on any atom is 0.276 e. The molecule has 1 aliphatic heterocycles.